The van der Waals surface area contributed by atoms with Crippen LogP contribution in [-0.2, 0) is 9.53 Å². The number of nitrogens with zero attached hydrogens (tertiary/aromatic N) is 4. The van der Waals surface area contributed by atoms with E-state index in [1.165, 1.54) is 33.2 Å². The molecule has 0 amide bonds. The maximum absolute atomic E-state index is 14.9. The summed E-state index contributed by atoms with van der Waals surface area (Å²) in [6.45, 7) is 4.59. The Balaban J connectivity index is 2.20. The van der Waals surface area contributed by atoms with Gasteiger partial charge in [-0.3, -0.25) is 9.36 Å². The molecule has 3 aromatic rings. The van der Waals surface area contributed by atoms with Crippen LogP contribution in [0.25, 0.3) is 11.3 Å². The summed E-state index contributed by atoms with van der Waals surface area (Å²) in [6, 6.07) is 6.61. The summed E-state index contributed by atoms with van der Waals surface area (Å²) in [4.78, 5) is 25.1. The number of pyridine rings is 1. The average Bonchev–Trinajstić information content (AvgIpc) is 2.89. The first-order valence-corrected chi connectivity index (χ1v) is 11.7. The molecule has 2 unspecified atom stereocenters. The van der Waals surface area contributed by atoms with E-state index in [4.69, 9.17) is 9.47 Å². The van der Waals surface area contributed by atoms with Crippen LogP contribution < -0.4 is 10.2 Å². The number of ether oxygens (including phenoxy) is 2. The van der Waals surface area contributed by atoms with Gasteiger partial charge < -0.3 is 9.47 Å². The van der Waals surface area contributed by atoms with Crippen molar-refractivity contribution in [2.45, 2.75) is 45.6 Å². The number of hydrogen-bond acceptors (Lipinski definition) is 6. The van der Waals surface area contributed by atoms with Gasteiger partial charge in [0, 0.05) is 43.1 Å². The van der Waals surface area contributed by atoms with Gasteiger partial charge in [0.25, 0.3) is 0 Å². The molecule has 10 heteroatoms. The van der Waals surface area contributed by atoms with E-state index >= 15 is 0 Å². The summed E-state index contributed by atoms with van der Waals surface area (Å²) >= 11 is 0. The fourth-order valence-corrected chi connectivity index (χ4v) is 3.88. The van der Waals surface area contributed by atoms with E-state index in [9.17, 15) is 18.0 Å². The highest BCUT2D eigenvalue weighted by molar-refractivity contribution is 5.62. The largest absolute Gasteiger partial charge is 0.481 e. The lowest BCUT2D eigenvalue weighted by Crippen LogP contribution is -2.27. The molecule has 0 saturated carbocycles. The Morgan fingerprint density at radius 3 is 2.54 bits per heavy atom. The quantitative estimate of drug-likeness (QED) is 0.326. The Morgan fingerprint density at radius 2 is 1.95 bits per heavy atom. The highest BCUT2D eigenvalue weighted by atomic mass is 19.1. The average molecular weight is 515 g/mol. The number of carbonyl (C=O) groups excluding carboxylic acids is 1. The molecule has 196 valence electrons. The highest BCUT2D eigenvalue weighted by Gasteiger charge is 2.23. The van der Waals surface area contributed by atoms with Crippen LogP contribution in [0.2, 0.25) is 0 Å². The van der Waals surface area contributed by atoms with E-state index in [-0.39, 0.29) is 34.5 Å². The summed E-state index contributed by atoms with van der Waals surface area (Å²) in [5.74, 6) is -2.02. The van der Waals surface area contributed by atoms with Gasteiger partial charge >= 0.3 is 0 Å². The smallest absolute Gasteiger partial charge is 0.219 e. The van der Waals surface area contributed by atoms with Gasteiger partial charge in [0.1, 0.15) is 23.2 Å². The number of aromatic nitrogens is 3. The fourth-order valence-electron chi connectivity index (χ4n) is 3.88. The second kappa shape index (κ2) is 12.4. The van der Waals surface area contributed by atoms with Crippen molar-refractivity contribution in [3.8, 4) is 17.1 Å². The SMILES string of the molecule is CCC(CC(OC)c1ccnc(OC)c1)c1cn(C=O)c(=N/C(C)=C(\C)F)c(-c2ccc(F)cc2F)n1. The minimum absolute atomic E-state index is 0.00737. The maximum Gasteiger partial charge on any atom is 0.219 e. The maximum atomic E-state index is 14.9. The van der Waals surface area contributed by atoms with E-state index < -0.39 is 17.5 Å². The van der Waals surface area contributed by atoms with Crippen molar-refractivity contribution in [2.75, 3.05) is 14.2 Å². The number of carbonyl (C=O) groups is 1. The van der Waals surface area contributed by atoms with Crippen molar-refractivity contribution in [1.29, 1.82) is 0 Å². The Kier molecular flexibility index (Phi) is 9.35. The molecule has 0 fully saturated rings. The lowest BCUT2D eigenvalue weighted by atomic mass is 9.92. The van der Waals surface area contributed by atoms with Crippen molar-refractivity contribution in [3.05, 3.63) is 82.6 Å². The van der Waals surface area contributed by atoms with Gasteiger partial charge in [-0.25, -0.2) is 28.1 Å². The van der Waals surface area contributed by atoms with Crippen molar-refractivity contribution < 1.29 is 27.4 Å². The number of hydrogen-bond donors (Lipinski definition) is 0. The predicted octanol–water partition coefficient (Wildman–Crippen LogP) is 5.66. The number of benzene rings is 1. The van der Waals surface area contributed by atoms with Crippen LogP contribution in [0.4, 0.5) is 13.2 Å². The summed E-state index contributed by atoms with van der Waals surface area (Å²) in [5, 5.41) is 0. The zero-order chi connectivity index (χ0) is 27.1. The lowest BCUT2D eigenvalue weighted by molar-refractivity contribution is 0.0876. The predicted molar refractivity (Wildman–Crippen MR) is 133 cm³/mol. The topological polar surface area (TPSA) is 78.6 Å². The molecule has 0 spiro atoms. The zero-order valence-corrected chi connectivity index (χ0v) is 21.3. The first-order chi connectivity index (χ1) is 17.7. The summed E-state index contributed by atoms with van der Waals surface area (Å²) < 4.78 is 54.5. The molecule has 2 heterocycles. The lowest BCUT2D eigenvalue weighted by Gasteiger charge is -2.23. The number of rotatable bonds is 10. The third-order valence-electron chi connectivity index (χ3n) is 6.07. The number of halogens is 3. The Labute approximate surface area is 213 Å². The molecule has 0 aliphatic rings. The second-order valence-electron chi connectivity index (χ2n) is 8.40. The molecule has 1 aromatic carbocycles. The van der Waals surface area contributed by atoms with Crippen LogP contribution in [0.1, 0.15) is 56.9 Å². The van der Waals surface area contributed by atoms with Crippen LogP contribution >= 0.6 is 0 Å². The number of methoxy groups -OCH3 is 2. The molecular weight excluding hydrogens is 485 g/mol. The third-order valence-corrected chi connectivity index (χ3v) is 6.07. The van der Waals surface area contributed by atoms with Crippen LogP contribution in [0, 0.1) is 11.6 Å². The molecular formula is C27H29F3N4O3. The molecule has 7 nitrogen and oxygen atoms in total. The van der Waals surface area contributed by atoms with Crippen molar-refractivity contribution >= 4 is 6.41 Å². The Bertz CT molecular complexity index is 1370. The molecule has 2 aromatic heterocycles. The van der Waals surface area contributed by atoms with Gasteiger partial charge in [0.05, 0.1) is 24.6 Å². The van der Waals surface area contributed by atoms with Crippen molar-refractivity contribution in [3.63, 3.8) is 0 Å². The van der Waals surface area contributed by atoms with Crippen LogP contribution in [0.15, 0.2) is 59.2 Å². The van der Waals surface area contributed by atoms with Gasteiger partial charge in [0.15, 0.2) is 5.49 Å². The molecule has 0 bridgehead atoms. The third kappa shape index (κ3) is 6.51. The van der Waals surface area contributed by atoms with Gasteiger partial charge in [-0.05, 0) is 50.5 Å². The van der Waals surface area contributed by atoms with Crippen molar-refractivity contribution in [2.24, 2.45) is 4.99 Å². The van der Waals surface area contributed by atoms with Gasteiger partial charge in [-0.15, -0.1) is 0 Å². The second-order valence-corrected chi connectivity index (χ2v) is 8.40. The highest BCUT2D eigenvalue weighted by Crippen LogP contribution is 2.33. The van der Waals surface area contributed by atoms with E-state index in [1.807, 2.05) is 13.0 Å². The summed E-state index contributed by atoms with van der Waals surface area (Å²) in [5.41, 5.74) is 1.14. The standard InChI is InChI=1S/C27H29F3N4O3/c1-6-18(11-24(36-4)19-9-10-31-25(12-19)37-5)23-14-34(15-35)27(32-17(3)16(2)28)26(33-23)21-8-7-20(29)13-22(21)30/h7-10,12-15,18,24H,6,11H2,1-5H3/b17-16+,32-27?. The molecule has 0 N–H and O–H groups in total. The van der Waals surface area contributed by atoms with Gasteiger partial charge in [0.2, 0.25) is 12.3 Å². The Hall–Kier alpha value is -3.79. The van der Waals surface area contributed by atoms with Gasteiger partial charge in [-0.2, -0.15) is 0 Å². The normalized spacial score (nSPS) is 14.2. The van der Waals surface area contributed by atoms with E-state index in [2.05, 4.69) is 15.0 Å². The first-order valence-electron chi connectivity index (χ1n) is 11.7. The van der Waals surface area contributed by atoms with Crippen molar-refractivity contribution in [1.82, 2.24) is 14.5 Å². The monoisotopic (exact) mass is 514 g/mol. The number of allylic oxidation sites excluding steroid dienone is 2. The molecule has 0 aliphatic carbocycles. The van der Waals surface area contributed by atoms with Crippen LogP contribution in [0.3, 0.4) is 0 Å². The zero-order valence-electron chi connectivity index (χ0n) is 21.3. The van der Waals surface area contributed by atoms with Crippen LogP contribution in [0.5, 0.6) is 5.88 Å². The first kappa shape index (κ1) is 27.8. The molecule has 3 rings (SSSR count). The fraction of sp³-hybridized carbons (Fsp3) is 0.333. The summed E-state index contributed by atoms with van der Waals surface area (Å²) in [6.07, 6.45) is 4.32. The molecule has 0 aliphatic heterocycles. The molecule has 0 saturated heterocycles. The van der Waals surface area contributed by atoms with Crippen LogP contribution in [-0.4, -0.2) is 35.2 Å². The van der Waals surface area contributed by atoms with E-state index in [0.717, 1.165) is 22.3 Å². The molecule has 2 atom stereocenters. The molecule has 0 radical (unpaired) electrons. The van der Waals surface area contributed by atoms with E-state index in [1.54, 1.807) is 19.4 Å². The summed E-state index contributed by atoms with van der Waals surface area (Å²) in [7, 11) is 3.11. The minimum atomic E-state index is -0.885. The Morgan fingerprint density at radius 1 is 1.19 bits per heavy atom. The molecule has 37 heavy (non-hydrogen) atoms. The minimum Gasteiger partial charge on any atom is -0.481 e. The van der Waals surface area contributed by atoms with Gasteiger partial charge in [-0.1, -0.05) is 6.92 Å². The van der Waals surface area contributed by atoms with E-state index in [0.29, 0.717) is 30.8 Å².